The molecule has 3 rings (SSSR count). The van der Waals surface area contributed by atoms with Crippen LogP contribution in [0.15, 0.2) is 48.5 Å². The van der Waals surface area contributed by atoms with Crippen LogP contribution in [0.1, 0.15) is 40.5 Å². The van der Waals surface area contributed by atoms with E-state index in [0.717, 1.165) is 12.8 Å². The van der Waals surface area contributed by atoms with Crippen molar-refractivity contribution in [1.82, 2.24) is 4.90 Å². The normalized spacial score (nSPS) is 14.3. The van der Waals surface area contributed by atoms with Gasteiger partial charge in [-0.05, 0) is 62.2 Å². The Morgan fingerprint density at radius 3 is 2.37 bits per heavy atom. The van der Waals surface area contributed by atoms with E-state index in [2.05, 4.69) is 5.32 Å². The van der Waals surface area contributed by atoms with Crippen molar-refractivity contribution in [2.75, 3.05) is 5.32 Å². The minimum Gasteiger partial charge on any atom is -0.480 e. The van der Waals surface area contributed by atoms with E-state index in [4.69, 9.17) is 0 Å². The Balaban J connectivity index is 1.78. The fourth-order valence-electron chi connectivity index (χ4n) is 2.81. The second-order valence-electron chi connectivity index (χ2n) is 6.50. The maximum atomic E-state index is 13.0. The summed E-state index contributed by atoms with van der Waals surface area (Å²) in [6.07, 6.45) is 1.56. The van der Waals surface area contributed by atoms with Gasteiger partial charge in [-0.3, -0.25) is 9.59 Å². The summed E-state index contributed by atoms with van der Waals surface area (Å²) >= 11 is 0. The van der Waals surface area contributed by atoms with Gasteiger partial charge in [0.1, 0.15) is 11.9 Å². The standard InChI is InChI=1S/C20H19FN2O4/c1-12(20(26)27)23(17-9-10-17)19(25)14-3-2-4-16(11-14)22-18(24)13-5-7-15(21)8-6-13/h2-8,11-12,17H,9-10H2,1H3,(H,22,24)(H,26,27). The molecule has 1 atom stereocenters. The molecule has 2 aromatic rings. The molecule has 6 nitrogen and oxygen atoms in total. The summed E-state index contributed by atoms with van der Waals surface area (Å²) in [6, 6.07) is 10.4. The van der Waals surface area contributed by atoms with Gasteiger partial charge in [-0.1, -0.05) is 6.07 Å². The van der Waals surface area contributed by atoms with Crippen LogP contribution in [0.3, 0.4) is 0 Å². The number of carboxylic acid groups (broad SMARTS) is 1. The average Bonchev–Trinajstić information content (AvgIpc) is 3.47. The number of anilines is 1. The molecule has 1 fully saturated rings. The molecule has 1 saturated carbocycles. The van der Waals surface area contributed by atoms with E-state index in [-0.39, 0.29) is 17.5 Å². The Hall–Kier alpha value is -3.22. The van der Waals surface area contributed by atoms with E-state index in [9.17, 15) is 23.9 Å². The van der Waals surface area contributed by atoms with Crippen LogP contribution in [-0.4, -0.2) is 39.9 Å². The zero-order valence-corrected chi connectivity index (χ0v) is 14.7. The minimum atomic E-state index is -1.06. The molecule has 140 valence electrons. The summed E-state index contributed by atoms with van der Waals surface area (Å²) < 4.78 is 13.0. The molecule has 0 heterocycles. The van der Waals surface area contributed by atoms with Crippen molar-refractivity contribution < 1.29 is 23.9 Å². The molecule has 0 aromatic heterocycles. The highest BCUT2D eigenvalue weighted by Crippen LogP contribution is 2.30. The Morgan fingerprint density at radius 2 is 1.78 bits per heavy atom. The van der Waals surface area contributed by atoms with Gasteiger partial charge in [-0.15, -0.1) is 0 Å². The van der Waals surface area contributed by atoms with E-state index >= 15 is 0 Å². The summed E-state index contributed by atoms with van der Waals surface area (Å²) in [5.74, 6) is -2.31. The third-order valence-electron chi connectivity index (χ3n) is 4.42. The molecule has 1 aliphatic rings. The van der Waals surface area contributed by atoms with E-state index in [1.165, 1.54) is 42.2 Å². The maximum Gasteiger partial charge on any atom is 0.326 e. The molecule has 27 heavy (non-hydrogen) atoms. The second kappa shape index (κ2) is 7.57. The van der Waals surface area contributed by atoms with Crippen LogP contribution >= 0.6 is 0 Å². The zero-order valence-electron chi connectivity index (χ0n) is 14.7. The molecule has 2 amide bonds. The molecule has 0 aliphatic heterocycles. The van der Waals surface area contributed by atoms with Crippen LogP contribution in [0.4, 0.5) is 10.1 Å². The summed E-state index contributed by atoms with van der Waals surface area (Å²) in [5.41, 5.74) is 0.980. The van der Waals surface area contributed by atoms with Crippen molar-refractivity contribution in [2.24, 2.45) is 0 Å². The van der Waals surface area contributed by atoms with E-state index in [0.29, 0.717) is 11.3 Å². The van der Waals surface area contributed by atoms with Crippen molar-refractivity contribution >= 4 is 23.5 Å². The van der Waals surface area contributed by atoms with Crippen molar-refractivity contribution in [1.29, 1.82) is 0 Å². The fourth-order valence-corrected chi connectivity index (χ4v) is 2.81. The van der Waals surface area contributed by atoms with Crippen molar-refractivity contribution in [3.63, 3.8) is 0 Å². The molecule has 2 N–H and O–H groups in total. The van der Waals surface area contributed by atoms with Crippen molar-refractivity contribution in [3.8, 4) is 0 Å². The monoisotopic (exact) mass is 370 g/mol. The topological polar surface area (TPSA) is 86.7 Å². The molecular formula is C20H19FN2O4. The summed E-state index contributed by atoms with van der Waals surface area (Å²) in [5, 5.41) is 11.9. The number of carbonyl (C=O) groups is 3. The van der Waals surface area contributed by atoms with E-state index < -0.39 is 23.7 Å². The number of hydrogen-bond acceptors (Lipinski definition) is 3. The first-order valence-corrected chi connectivity index (χ1v) is 8.59. The number of rotatable bonds is 6. The van der Waals surface area contributed by atoms with Gasteiger partial charge in [-0.25, -0.2) is 9.18 Å². The fraction of sp³-hybridized carbons (Fsp3) is 0.250. The Bertz CT molecular complexity index is 878. The molecule has 2 aromatic carbocycles. The van der Waals surface area contributed by atoms with Crippen LogP contribution in [0.5, 0.6) is 0 Å². The molecule has 0 spiro atoms. The number of nitrogens with zero attached hydrogens (tertiary/aromatic N) is 1. The first kappa shape index (κ1) is 18.6. The van der Waals surface area contributed by atoms with E-state index in [1.807, 2.05) is 0 Å². The number of carboxylic acids is 1. The summed E-state index contributed by atoms with van der Waals surface area (Å²) in [6.45, 7) is 1.48. The lowest BCUT2D eigenvalue weighted by molar-refractivity contribution is -0.141. The Morgan fingerprint density at radius 1 is 1.11 bits per heavy atom. The highest BCUT2D eigenvalue weighted by atomic mass is 19.1. The average molecular weight is 370 g/mol. The van der Waals surface area contributed by atoms with Crippen LogP contribution < -0.4 is 5.32 Å². The molecule has 1 aliphatic carbocycles. The number of carbonyl (C=O) groups excluding carboxylic acids is 2. The second-order valence-corrected chi connectivity index (χ2v) is 6.50. The van der Waals surface area contributed by atoms with Crippen LogP contribution in [-0.2, 0) is 4.79 Å². The van der Waals surface area contributed by atoms with Crippen molar-refractivity contribution in [3.05, 3.63) is 65.5 Å². The number of nitrogens with one attached hydrogen (secondary N) is 1. The Labute approximate surface area is 155 Å². The first-order valence-electron chi connectivity index (χ1n) is 8.59. The lowest BCUT2D eigenvalue weighted by Crippen LogP contribution is -2.44. The van der Waals surface area contributed by atoms with Crippen LogP contribution in [0.25, 0.3) is 0 Å². The number of halogens is 1. The lowest BCUT2D eigenvalue weighted by Gasteiger charge is -2.26. The SMILES string of the molecule is CC(C(=O)O)N(C(=O)c1cccc(NC(=O)c2ccc(F)cc2)c1)C1CC1. The van der Waals surface area contributed by atoms with Gasteiger partial charge in [0.05, 0.1) is 0 Å². The highest BCUT2D eigenvalue weighted by Gasteiger charge is 2.38. The summed E-state index contributed by atoms with van der Waals surface area (Å²) in [7, 11) is 0. The molecular weight excluding hydrogens is 351 g/mol. The molecule has 7 heteroatoms. The van der Waals surface area contributed by atoms with Crippen LogP contribution in [0.2, 0.25) is 0 Å². The van der Waals surface area contributed by atoms with Gasteiger partial charge in [0.15, 0.2) is 0 Å². The van der Waals surface area contributed by atoms with Gasteiger partial charge in [0.2, 0.25) is 0 Å². The molecule has 1 unspecified atom stereocenters. The quantitative estimate of drug-likeness (QED) is 0.818. The first-order chi connectivity index (χ1) is 12.9. The largest absolute Gasteiger partial charge is 0.480 e. The third-order valence-corrected chi connectivity index (χ3v) is 4.42. The number of aliphatic carboxylic acids is 1. The highest BCUT2D eigenvalue weighted by molar-refractivity contribution is 6.05. The third kappa shape index (κ3) is 4.31. The molecule has 0 bridgehead atoms. The lowest BCUT2D eigenvalue weighted by atomic mass is 10.1. The van der Waals surface area contributed by atoms with Gasteiger partial charge in [0, 0.05) is 22.9 Å². The van der Waals surface area contributed by atoms with Gasteiger partial charge < -0.3 is 15.3 Å². The number of hydrogen-bond donors (Lipinski definition) is 2. The predicted molar refractivity (Wildman–Crippen MR) is 97.1 cm³/mol. The smallest absolute Gasteiger partial charge is 0.326 e. The van der Waals surface area contributed by atoms with E-state index in [1.54, 1.807) is 18.2 Å². The predicted octanol–water partition coefficient (Wildman–Crippen LogP) is 3.16. The van der Waals surface area contributed by atoms with Crippen LogP contribution in [0, 0.1) is 5.82 Å². The maximum absolute atomic E-state index is 13.0. The van der Waals surface area contributed by atoms with Gasteiger partial charge >= 0.3 is 5.97 Å². The minimum absolute atomic E-state index is 0.0685. The van der Waals surface area contributed by atoms with Gasteiger partial charge in [-0.2, -0.15) is 0 Å². The Kier molecular flexibility index (Phi) is 5.21. The van der Waals surface area contributed by atoms with Gasteiger partial charge in [0.25, 0.3) is 11.8 Å². The number of amides is 2. The zero-order chi connectivity index (χ0) is 19.6. The molecule has 0 saturated heterocycles. The molecule has 0 radical (unpaired) electrons. The number of benzene rings is 2. The van der Waals surface area contributed by atoms with Crippen molar-refractivity contribution in [2.45, 2.75) is 31.8 Å². The summed E-state index contributed by atoms with van der Waals surface area (Å²) in [4.78, 5) is 37.8.